The van der Waals surface area contributed by atoms with Crippen LogP contribution in [-0.2, 0) is 0 Å². The van der Waals surface area contributed by atoms with Crippen LogP contribution in [0.25, 0.3) is 0 Å². The van der Waals surface area contributed by atoms with E-state index in [2.05, 4.69) is 52.8 Å². The summed E-state index contributed by atoms with van der Waals surface area (Å²) < 4.78 is 0. The minimum absolute atomic E-state index is 0.559. The first-order valence-corrected chi connectivity index (χ1v) is 14.3. The van der Waals surface area contributed by atoms with Gasteiger partial charge in [-0.15, -0.1) is 0 Å². The molecule has 0 heterocycles. The highest BCUT2D eigenvalue weighted by molar-refractivity contribution is 5.27. The lowest BCUT2D eigenvalue weighted by Gasteiger charge is -2.63. The van der Waals surface area contributed by atoms with Gasteiger partial charge in [-0.3, -0.25) is 0 Å². The molecule has 0 aliphatic heterocycles. The Bertz CT molecular complexity index is 682. The van der Waals surface area contributed by atoms with Gasteiger partial charge in [-0.25, -0.2) is 0 Å². The second kappa shape index (κ2) is 9.02. The van der Waals surface area contributed by atoms with Crippen molar-refractivity contribution in [2.75, 3.05) is 0 Å². The highest BCUT2D eigenvalue weighted by Gasteiger charge is 2.65. The fraction of sp³-hybridized carbons (Fsp3) is 0.871. The topological polar surface area (TPSA) is 0 Å². The van der Waals surface area contributed by atoms with Crippen LogP contribution in [0.4, 0.5) is 0 Å². The Labute approximate surface area is 194 Å². The number of allylic oxidation sites excluding steroid dienone is 4. The molecule has 0 amide bonds. The molecular weight excluding hydrogens is 372 g/mol. The van der Waals surface area contributed by atoms with Crippen LogP contribution in [0.5, 0.6) is 0 Å². The van der Waals surface area contributed by atoms with E-state index >= 15 is 0 Å². The van der Waals surface area contributed by atoms with Crippen molar-refractivity contribution in [1.29, 1.82) is 0 Å². The molecule has 9 atom stereocenters. The molecule has 1 spiro atoms. The van der Waals surface area contributed by atoms with Gasteiger partial charge in [0.1, 0.15) is 0 Å². The molecule has 4 fully saturated rings. The predicted molar refractivity (Wildman–Crippen MR) is 136 cm³/mol. The van der Waals surface area contributed by atoms with Crippen molar-refractivity contribution < 1.29 is 0 Å². The van der Waals surface area contributed by atoms with E-state index in [1.807, 2.05) is 19.4 Å². The van der Waals surface area contributed by atoms with Crippen LogP contribution < -0.4 is 0 Å². The van der Waals surface area contributed by atoms with Crippen LogP contribution in [0.3, 0.4) is 0 Å². The summed E-state index contributed by atoms with van der Waals surface area (Å²) in [4.78, 5) is 0. The summed E-state index contributed by atoms with van der Waals surface area (Å²) >= 11 is 0. The summed E-state index contributed by atoms with van der Waals surface area (Å²) in [5, 5.41) is 0. The van der Waals surface area contributed by atoms with Crippen molar-refractivity contribution in [1.82, 2.24) is 0 Å². The molecule has 0 nitrogen and oxygen atoms in total. The Morgan fingerprint density at radius 3 is 2.48 bits per heavy atom. The van der Waals surface area contributed by atoms with Crippen LogP contribution in [0.2, 0.25) is 0 Å². The third-order valence-electron chi connectivity index (χ3n) is 11.2. The van der Waals surface area contributed by atoms with Gasteiger partial charge >= 0.3 is 0 Å². The highest BCUT2D eigenvalue weighted by atomic mass is 14.7. The van der Waals surface area contributed by atoms with Crippen molar-refractivity contribution >= 4 is 0 Å². The third kappa shape index (κ3) is 3.71. The average molecular weight is 425 g/mol. The first-order chi connectivity index (χ1) is 14.9. The molecule has 5 aliphatic rings. The van der Waals surface area contributed by atoms with Gasteiger partial charge in [0.25, 0.3) is 0 Å². The van der Waals surface area contributed by atoms with Crippen LogP contribution in [0.1, 0.15) is 113 Å². The van der Waals surface area contributed by atoms with Gasteiger partial charge in [-0.2, -0.15) is 0 Å². The molecule has 5 aliphatic carbocycles. The van der Waals surface area contributed by atoms with E-state index in [-0.39, 0.29) is 0 Å². The molecule has 31 heavy (non-hydrogen) atoms. The van der Waals surface area contributed by atoms with E-state index < -0.39 is 0 Å². The van der Waals surface area contributed by atoms with Gasteiger partial charge < -0.3 is 0 Å². The first kappa shape index (κ1) is 23.6. The van der Waals surface area contributed by atoms with Gasteiger partial charge in [-0.1, -0.05) is 72.3 Å². The molecule has 0 bridgehead atoms. The van der Waals surface area contributed by atoms with Crippen molar-refractivity contribution in [3.05, 3.63) is 23.8 Å². The molecule has 5 rings (SSSR count). The van der Waals surface area contributed by atoms with E-state index in [0.29, 0.717) is 5.41 Å². The second-order valence-electron chi connectivity index (χ2n) is 12.6. The molecule has 0 N–H and O–H groups in total. The van der Waals surface area contributed by atoms with Crippen molar-refractivity contribution in [3.8, 4) is 0 Å². The molecule has 176 valence electrons. The minimum Gasteiger partial charge on any atom is -0.0849 e. The lowest BCUT2D eigenvalue weighted by atomic mass is 9.41. The summed E-state index contributed by atoms with van der Waals surface area (Å²) in [7, 11) is 0. The molecule has 4 saturated carbocycles. The summed E-state index contributed by atoms with van der Waals surface area (Å²) in [5.41, 5.74) is 3.18. The number of fused-ring (bicyclic) bond motifs is 4. The molecule has 0 aromatic heterocycles. The van der Waals surface area contributed by atoms with E-state index in [0.717, 1.165) is 52.8 Å². The lowest BCUT2D eigenvalue weighted by molar-refractivity contribution is -0.116. The largest absolute Gasteiger partial charge is 0.0849 e. The maximum atomic E-state index is 2.76. The van der Waals surface area contributed by atoms with E-state index in [1.54, 1.807) is 19.3 Å². The zero-order valence-electron chi connectivity index (χ0n) is 21.9. The van der Waals surface area contributed by atoms with Gasteiger partial charge in [0.05, 0.1) is 0 Å². The molecular formula is C31H52. The Kier molecular flexibility index (Phi) is 6.88. The minimum atomic E-state index is 0.559. The second-order valence-corrected chi connectivity index (χ2v) is 12.6. The summed E-state index contributed by atoms with van der Waals surface area (Å²) in [6.45, 7) is 16.3. The van der Waals surface area contributed by atoms with Crippen molar-refractivity contribution in [2.24, 2.45) is 58.2 Å². The molecule has 0 heteroatoms. The molecule has 0 aromatic rings. The fourth-order valence-corrected chi connectivity index (χ4v) is 9.48. The Morgan fingerprint density at radius 1 is 1.03 bits per heavy atom. The van der Waals surface area contributed by atoms with Crippen molar-refractivity contribution in [3.63, 3.8) is 0 Å². The number of hydrogen-bond donors (Lipinski definition) is 0. The molecule has 4 unspecified atom stereocenters. The lowest BCUT2D eigenvalue weighted by Crippen LogP contribution is -2.56. The van der Waals surface area contributed by atoms with E-state index in [1.165, 1.54) is 44.9 Å². The Morgan fingerprint density at radius 2 is 1.77 bits per heavy atom. The maximum absolute atomic E-state index is 2.76. The normalized spacial score (nSPS) is 46.6. The van der Waals surface area contributed by atoms with Crippen LogP contribution >= 0.6 is 0 Å². The Balaban J connectivity index is 0.00000112. The van der Waals surface area contributed by atoms with Gasteiger partial charge in [0, 0.05) is 0 Å². The quantitative estimate of drug-likeness (QED) is 0.394. The molecule has 0 radical (unpaired) electrons. The number of rotatable bonds is 4. The predicted octanol–water partition coefficient (Wildman–Crippen LogP) is 9.47. The summed E-state index contributed by atoms with van der Waals surface area (Å²) in [6.07, 6.45) is 22.8. The highest BCUT2D eigenvalue weighted by Crippen LogP contribution is 2.73. The van der Waals surface area contributed by atoms with Gasteiger partial charge in [0.15, 0.2) is 0 Å². The maximum Gasteiger partial charge on any atom is -0.00851 e. The standard InChI is InChI=1S/C29H46.C2H6/c1-6-21(19(2)3)7-8-22-18-29-16-14-26-24(27(29)12-11-25(22)29)10-9-23-17-20(4)13-15-28(23,26)5;1-2/h7-9,19-22,24-27H,6,10-18H2,1-5H3;1-2H3/b8-7+;/t20?,21-,22+,24-,25?,26?,27?,28+,29+;/m1./s1. The zero-order chi connectivity index (χ0) is 22.4. The zero-order valence-corrected chi connectivity index (χ0v) is 21.9. The Hall–Kier alpha value is -0.520. The monoisotopic (exact) mass is 424 g/mol. The van der Waals surface area contributed by atoms with Crippen LogP contribution in [0, 0.1) is 58.2 Å². The molecule has 0 aromatic carbocycles. The van der Waals surface area contributed by atoms with Crippen LogP contribution in [0.15, 0.2) is 23.8 Å². The number of hydrogen-bond acceptors (Lipinski definition) is 0. The smallest absolute Gasteiger partial charge is 0.00851 e. The first-order valence-electron chi connectivity index (χ1n) is 14.3. The van der Waals surface area contributed by atoms with E-state index in [4.69, 9.17) is 0 Å². The third-order valence-corrected chi connectivity index (χ3v) is 11.2. The SMILES string of the molecule is CC.CC[C@H](/C=C/[C@H]1C[C@]23CCC4[C@@H](CC=C5CC(C)CC[C@@]54C)C2CCC13)C(C)C. The summed E-state index contributed by atoms with van der Waals surface area (Å²) in [6, 6.07) is 0. The van der Waals surface area contributed by atoms with Crippen molar-refractivity contribution in [2.45, 2.75) is 113 Å². The van der Waals surface area contributed by atoms with Crippen LogP contribution in [-0.4, -0.2) is 0 Å². The summed E-state index contributed by atoms with van der Waals surface area (Å²) in [5.74, 6) is 7.51. The fourth-order valence-electron chi connectivity index (χ4n) is 9.48. The van der Waals surface area contributed by atoms with Gasteiger partial charge in [0.2, 0.25) is 0 Å². The van der Waals surface area contributed by atoms with Gasteiger partial charge in [-0.05, 0) is 122 Å². The average Bonchev–Trinajstić information content (AvgIpc) is 3.05. The van der Waals surface area contributed by atoms with E-state index in [9.17, 15) is 0 Å². The molecule has 0 saturated heterocycles.